The summed E-state index contributed by atoms with van der Waals surface area (Å²) in [7, 11) is 0. The molecule has 0 N–H and O–H groups in total. The van der Waals surface area contributed by atoms with Crippen LogP contribution in [0, 0.1) is 0 Å². The zero-order chi connectivity index (χ0) is 19.0. The molecule has 0 saturated heterocycles. The normalized spacial score (nSPS) is 11.6. The summed E-state index contributed by atoms with van der Waals surface area (Å²) in [6.45, 7) is 2.30. The third-order valence-electron chi connectivity index (χ3n) is 5.58. The van der Waals surface area contributed by atoms with Crippen LogP contribution in [0.15, 0.2) is 12.3 Å². The van der Waals surface area contributed by atoms with Crippen molar-refractivity contribution in [3.8, 4) is 0 Å². The Bertz CT molecular complexity index is 259. The Balaban J connectivity index is 2.97. The van der Waals surface area contributed by atoms with Gasteiger partial charge in [0.1, 0.15) is 0 Å². The molecule has 2 radical (unpaired) electrons. The molecule has 0 bridgehead atoms. The van der Waals surface area contributed by atoms with Crippen LogP contribution in [-0.4, -0.2) is 0 Å². The quantitative estimate of drug-likeness (QED) is 0.171. The molecule has 0 spiro atoms. The number of allylic oxidation sites excluding steroid dienone is 1. The smallest absolute Gasteiger partial charge is 0.0455 e. The van der Waals surface area contributed by atoms with Gasteiger partial charge in [-0.2, -0.15) is 5.73 Å². The molecule has 0 saturated carbocycles. The molecular weight excluding hydrogens is 314 g/mol. The van der Waals surface area contributed by atoms with Crippen molar-refractivity contribution in [2.75, 3.05) is 0 Å². The highest BCUT2D eigenvalue weighted by molar-refractivity contribution is 4.74. The van der Waals surface area contributed by atoms with Crippen LogP contribution in [0.25, 0.3) is 0 Å². The Hall–Kier alpha value is -0.460. The highest BCUT2D eigenvalue weighted by Gasteiger charge is 1.95. The Morgan fingerprint density at radius 3 is 0.962 bits per heavy atom. The molecule has 0 atom stereocenters. The lowest BCUT2D eigenvalue weighted by Crippen LogP contribution is -1.84. The van der Waals surface area contributed by atoms with E-state index in [0.717, 1.165) is 6.42 Å². The van der Waals surface area contributed by atoms with Crippen LogP contribution in [0.3, 0.4) is 0 Å². The second kappa shape index (κ2) is 24.5. The maximum absolute atomic E-state index is 8.55. The van der Waals surface area contributed by atoms with E-state index in [2.05, 4.69) is 6.92 Å². The lowest BCUT2D eigenvalue weighted by atomic mass is 10.0. The molecule has 0 aromatic heterocycles. The van der Waals surface area contributed by atoms with Crippen molar-refractivity contribution >= 4 is 0 Å². The molecule has 0 aromatic rings. The second-order valence-electron chi connectivity index (χ2n) is 8.24. The molecule has 0 aliphatic rings. The van der Waals surface area contributed by atoms with E-state index in [1.165, 1.54) is 141 Å². The Labute approximate surface area is 166 Å². The third kappa shape index (κ3) is 23.5. The van der Waals surface area contributed by atoms with Crippen LogP contribution in [0.2, 0.25) is 0 Å². The largest absolute Gasteiger partial charge is 0.160 e. The van der Waals surface area contributed by atoms with Gasteiger partial charge in [0.2, 0.25) is 0 Å². The summed E-state index contributed by atoms with van der Waals surface area (Å²) in [6.07, 6.45) is 34.2. The molecule has 0 rings (SSSR count). The average molecular weight is 364 g/mol. The molecule has 0 aromatic carbocycles. The summed E-state index contributed by atoms with van der Waals surface area (Å²) in [5.41, 5.74) is 8.55. The summed E-state index contributed by atoms with van der Waals surface area (Å²) in [6, 6.07) is 0. The van der Waals surface area contributed by atoms with Gasteiger partial charge < -0.3 is 0 Å². The summed E-state index contributed by atoms with van der Waals surface area (Å²) in [5.74, 6) is 0. The van der Waals surface area contributed by atoms with Gasteiger partial charge in [0.05, 0.1) is 0 Å². The lowest BCUT2D eigenvalue weighted by Gasteiger charge is -2.04. The summed E-state index contributed by atoms with van der Waals surface area (Å²) in [4.78, 5) is 0. The van der Waals surface area contributed by atoms with E-state index in [-0.39, 0.29) is 0 Å². The van der Waals surface area contributed by atoms with Crippen LogP contribution in [-0.2, 0) is 0 Å². The number of rotatable bonds is 22. The van der Waals surface area contributed by atoms with Crippen LogP contribution in [0.4, 0.5) is 0 Å². The van der Waals surface area contributed by atoms with Gasteiger partial charge in [-0.25, -0.2) is 0 Å². The fourth-order valence-electron chi connectivity index (χ4n) is 3.77. The third-order valence-corrected chi connectivity index (χ3v) is 5.58. The maximum Gasteiger partial charge on any atom is 0.0455 e. The molecule has 1 heteroatoms. The Morgan fingerprint density at radius 2 is 0.692 bits per heavy atom. The highest BCUT2D eigenvalue weighted by atomic mass is 14.5. The monoisotopic (exact) mass is 363 g/mol. The summed E-state index contributed by atoms with van der Waals surface area (Å²) >= 11 is 0. The number of nitrogens with zero attached hydrogens (tertiary/aromatic N) is 1. The number of unbranched alkanes of at least 4 members (excludes halogenated alkanes) is 21. The number of hydrogen-bond donors (Lipinski definition) is 0. The van der Waals surface area contributed by atoms with E-state index < -0.39 is 0 Å². The van der Waals surface area contributed by atoms with E-state index in [9.17, 15) is 0 Å². The van der Waals surface area contributed by atoms with Crippen LogP contribution in [0.5, 0.6) is 0 Å². The first-order chi connectivity index (χ1) is 12.9. The van der Waals surface area contributed by atoms with Crippen molar-refractivity contribution in [2.24, 2.45) is 0 Å². The summed E-state index contributed by atoms with van der Waals surface area (Å²) in [5, 5.41) is 0. The van der Waals surface area contributed by atoms with Gasteiger partial charge in [-0.1, -0.05) is 141 Å². The van der Waals surface area contributed by atoms with Gasteiger partial charge in [0, 0.05) is 6.20 Å². The van der Waals surface area contributed by atoms with Gasteiger partial charge in [-0.15, -0.1) is 0 Å². The van der Waals surface area contributed by atoms with Crippen molar-refractivity contribution < 1.29 is 0 Å². The lowest BCUT2D eigenvalue weighted by molar-refractivity contribution is 0.520. The summed E-state index contributed by atoms with van der Waals surface area (Å²) < 4.78 is 0. The fraction of sp³-hybridized carbons (Fsp3) is 0.920. The Kier molecular flexibility index (Phi) is 24.1. The standard InChI is InChI=1S/C25H49N/c1-2-3-4-5-6-7-8-9-10-11-12-13-14-15-16-17-18-19-20-21-22-23-24-25-26/h24-25H,2-23H2,1H3. The molecule has 0 unspecified atom stereocenters. The fourth-order valence-corrected chi connectivity index (χ4v) is 3.77. The van der Waals surface area contributed by atoms with Gasteiger partial charge in [-0.3, -0.25) is 0 Å². The van der Waals surface area contributed by atoms with Gasteiger partial charge in [0.25, 0.3) is 0 Å². The van der Waals surface area contributed by atoms with E-state index in [1.807, 2.05) is 6.08 Å². The predicted molar refractivity (Wildman–Crippen MR) is 119 cm³/mol. The molecule has 0 heterocycles. The second-order valence-corrected chi connectivity index (χ2v) is 8.24. The van der Waals surface area contributed by atoms with Crippen LogP contribution in [0.1, 0.15) is 148 Å². The average Bonchev–Trinajstić information content (AvgIpc) is 2.66. The minimum Gasteiger partial charge on any atom is -0.160 e. The molecular formula is C25H49N. The minimum absolute atomic E-state index is 1.04. The molecule has 1 nitrogen and oxygen atoms in total. The zero-order valence-electron chi connectivity index (χ0n) is 18.2. The number of hydrogen-bond acceptors (Lipinski definition) is 0. The first-order valence-electron chi connectivity index (χ1n) is 12.2. The molecule has 0 amide bonds. The van der Waals surface area contributed by atoms with E-state index in [4.69, 9.17) is 5.73 Å². The van der Waals surface area contributed by atoms with Crippen molar-refractivity contribution in [1.82, 2.24) is 5.73 Å². The van der Waals surface area contributed by atoms with Crippen molar-refractivity contribution in [1.29, 1.82) is 0 Å². The molecule has 0 aliphatic heterocycles. The van der Waals surface area contributed by atoms with Gasteiger partial charge in [0.15, 0.2) is 0 Å². The predicted octanol–water partition coefficient (Wildman–Crippen LogP) is 9.17. The van der Waals surface area contributed by atoms with Gasteiger partial charge in [-0.05, 0) is 12.8 Å². The molecule has 26 heavy (non-hydrogen) atoms. The van der Waals surface area contributed by atoms with Gasteiger partial charge >= 0.3 is 0 Å². The van der Waals surface area contributed by atoms with E-state index in [1.54, 1.807) is 0 Å². The molecule has 154 valence electrons. The zero-order valence-corrected chi connectivity index (χ0v) is 18.2. The Morgan fingerprint density at radius 1 is 0.423 bits per heavy atom. The van der Waals surface area contributed by atoms with Crippen molar-refractivity contribution in [2.45, 2.75) is 148 Å². The van der Waals surface area contributed by atoms with Crippen molar-refractivity contribution in [3.63, 3.8) is 0 Å². The molecule has 0 aliphatic carbocycles. The van der Waals surface area contributed by atoms with E-state index in [0.29, 0.717) is 0 Å². The van der Waals surface area contributed by atoms with E-state index >= 15 is 0 Å². The highest BCUT2D eigenvalue weighted by Crippen LogP contribution is 2.15. The van der Waals surface area contributed by atoms with Crippen LogP contribution < -0.4 is 5.73 Å². The maximum atomic E-state index is 8.55. The van der Waals surface area contributed by atoms with Crippen molar-refractivity contribution in [3.05, 3.63) is 12.3 Å². The minimum atomic E-state index is 1.04. The van der Waals surface area contributed by atoms with Crippen LogP contribution >= 0.6 is 0 Å². The SMILES string of the molecule is CCCCCCCCCCCCCCCCCCCCCCCC=C[N]. The topological polar surface area (TPSA) is 22.3 Å². The molecule has 0 fully saturated rings. The first-order valence-corrected chi connectivity index (χ1v) is 12.2. The first kappa shape index (κ1) is 25.5.